The van der Waals surface area contributed by atoms with E-state index in [9.17, 15) is 9.59 Å². The summed E-state index contributed by atoms with van der Waals surface area (Å²) in [4.78, 5) is 26.4. The van der Waals surface area contributed by atoms with E-state index in [4.69, 9.17) is 18.9 Å². The topological polar surface area (TPSA) is 74.3 Å². The Morgan fingerprint density at radius 1 is 1.15 bits per heavy atom. The van der Waals surface area contributed by atoms with E-state index in [0.29, 0.717) is 28.7 Å². The summed E-state index contributed by atoms with van der Waals surface area (Å²) in [6.07, 6.45) is 0.0986. The predicted molar refractivity (Wildman–Crippen MR) is 91.7 cm³/mol. The van der Waals surface area contributed by atoms with E-state index >= 15 is 0 Å². The highest BCUT2D eigenvalue weighted by molar-refractivity contribution is 6.00. The number of anilines is 1. The molecule has 1 amide bonds. The number of carbonyl (C=O) groups excluding carboxylic acids is 2. The van der Waals surface area contributed by atoms with Gasteiger partial charge in [0.15, 0.2) is 11.5 Å². The molecule has 0 aromatic heterocycles. The number of para-hydroxylation sites is 2. The van der Waals surface area contributed by atoms with Gasteiger partial charge in [0, 0.05) is 19.0 Å². The van der Waals surface area contributed by atoms with Gasteiger partial charge in [0.05, 0.1) is 18.7 Å². The van der Waals surface area contributed by atoms with Crippen molar-refractivity contribution in [3.8, 4) is 23.0 Å². The Labute approximate surface area is 150 Å². The lowest BCUT2D eigenvalue weighted by atomic mass is 10.1. The second kappa shape index (κ2) is 6.59. The second-order valence-corrected chi connectivity index (χ2v) is 6.01. The van der Waals surface area contributed by atoms with Crippen molar-refractivity contribution in [2.45, 2.75) is 6.42 Å². The van der Waals surface area contributed by atoms with Gasteiger partial charge in [-0.1, -0.05) is 12.1 Å². The summed E-state index contributed by atoms with van der Waals surface area (Å²) in [5, 5.41) is 0. The van der Waals surface area contributed by atoms with Crippen molar-refractivity contribution in [3.63, 3.8) is 0 Å². The lowest BCUT2D eigenvalue weighted by Gasteiger charge is -2.19. The summed E-state index contributed by atoms with van der Waals surface area (Å²) >= 11 is 0. The van der Waals surface area contributed by atoms with Gasteiger partial charge in [0.2, 0.25) is 12.7 Å². The van der Waals surface area contributed by atoms with E-state index in [2.05, 4.69) is 0 Å². The molecule has 0 saturated carbocycles. The molecule has 1 saturated heterocycles. The Hall–Kier alpha value is -3.22. The fourth-order valence-electron chi connectivity index (χ4n) is 3.09. The number of carbonyl (C=O) groups is 2. The maximum absolute atomic E-state index is 12.5. The van der Waals surface area contributed by atoms with Crippen LogP contribution in [0.25, 0.3) is 0 Å². The Bertz CT molecular complexity index is 865. The van der Waals surface area contributed by atoms with Crippen LogP contribution in [-0.4, -0.2) is 32.3 Å². The minimum Gasteiger partial charge on any atom is -0.495 e. The number of esters is 1. The third-order valence-corrected chi connectivity index (χ3v) is 4.40. The normalized spacial score (nSPS) is 18.1. The number of amides is 1. The molecular formula is C19H17NO6. The Balaban J connectivity index is 1.47. The molecule has 0 unspecified atom stereocenters. The van der Waals surface area contributed by atoms with Crippen LogP contribution in [0.5, 0.6) is 23.0 Å². The molecule has 0 N–H and O–H groups in total. The number of fused-ring (bicyclic) bond motifs is 1. The number of methoxy groups -OCH3 is 1. The number of hydrogen-bond donors (Lipinski definition) is 0. The van der Waals surface area contributed by atoms with Gasteiger partial charge in [-0.25, -0.2) is 0 Å². The monoisotopic (exact) mass is 355 g/mol. The largest absolute Gasteiger partial charge is 0.495 e. The molecule has 0 aliphatic carbocycles. The first kappa shape index (κ1) is 16.3. The van der Waals surface area contributed by atoms with Crippen LogP contribution in [0.3, 0.4) is 0 Å². The fourth-order valence-corrected chi connectivity index (χ4v) is 3.09. The molecule has 2 aliphatic rings. The molecule has 7 heteroatoms. The molecule has 1 fully saturated rings. The third-order valence-electron chi connectivity index (χ3n) is 4.40. The van der Waals surface area contributed by atoms with E-state index in [1.807, 2.05) is 12.1 Å². The first-order chi connectivity index (χ1) is 12.7. The van der Waals surface area contributed by atoms with Gasteiger partial charge in [-0.05, 0) is 24.3 Å². The summed E-state index contributed by atoms with van der Waals surface area (Å²) in [6, 6.07) is 12.2. The lowest BCUT2D eigenvalue weighted by Crippen LogP contribution is -2.27. The highest BCUT2D eigenvalue weighted by Crippen LogP contribution is 2.36. The summed E-state index contributed by atoms with van der Waals surface area (Å²) in [7, 11) is 1.55. The van der Waals surface area contributed by atoms with Crippen molar-refractivity contribution in [2.24, 2.45) is 5.92 Å². The van der Waals surface area contributed by atoms with Crippen LogP contribution < -0.4 is 23.8 Å². The van der Waals surface area contributed by atoms with Gasteiger partial charge in [-0.3, -0.25) is 9.59 Å². The van der Waals surface area contributed by atoms with Gasteiger partial charge >= 0.3 is 5.97 Å². The van der Waals surface area contributed by atoms with Crippen LogP contribution in [0.15, 0.2) is 42.5 Å². The number of benzene rings is 2. The van der Waals surface area contributed by atoms with Crippen LogP contribution in [0.4, 0.5) is 5.69 Å². The standard InChI is InChI=1S/C19H17NO6/c1-23-15-5-3-2-4-14(15)20-10-12(8-18(20)21)19(22)26-13-6-7-16-17(9-13)25-11-24-16/h2-7,9,12H,8,10-11H2,1H3/t12-/m0/s1. The Morgan fingerprint density at radius 2 is 1.96 bits per heavy atom. The van der Waals surface area contributed by atoms with Crippen molar-refractivity contribution in [3.05, 3.63) is 42.5 Å². The zero-order valence-corrected chi connectivity index (χ0v) is 14.1. The smallest absolute Gasteiger partial charge is 0.316 e. The first-order valence-corrected chi connectivity index (χ1v) is 8.20. The van der Waals surface area contributed by atoms with E-state index < -0.39 is 11.9 Å². The van der Waals surface area contributed by atoms with Crippen LogP contribution in [0.1, 0.15) is 6.42 Å². The quantitative estimate of drug-likeness (QED) is 0.619. The Kier molecular flexibility index (Phi) is 4.12. The second-order valence-electron chi connectivity index (χ2n) is 6.01. The molecular weight excluding hydrogens is 338 g/mol. The zero-order chi connectivity index (χ0) is 18.1. The number of hydrogen-bond acceptors (Lipinski definition) is 6. The molecule has 0 bridgehead atoms. The van der Waals surface area contributed by atoms with Crippen LogP contribution >= 0.6 is 0 Å². The summed E-state index contributed by atoms with van der Waals surface area (Å²) < 4.78 is 21.2. The maximum atomic E-state index is 12.5. The summed E-state index contributed by atoms with van der Waals surface area (Å²) in [6.45, 7) is 0.403. The highest BCUT2D eigenvalue weighted by atomic mass is 16.7. The molecule has 2 aliphatic heterocycles. The minimum absolute atomic E-state index is 0.0986. The first-order valence-electron chi connectivity index (χ1n) is 8.20. The van der Waals surface area contributed by atoms with Gasteiger partial charge in [0.25, 0.3) is 0 Å². The number of ether oxygens (including phenoxy) is 4. The van der Waals surface area contributed by atoms with Gasteiger partial charge in [-0.15, -0.1) is 0 Å². The predicted octanol–water partition coefficient (Wildman–Crippen LogP) is 2.38. The van der Waals surface area contributed by atoms with Crippen LogP contribution in [0.2, 0.25) is 0 Å². The van der Waals surface area contributed by atoms with E-state index in [1.54, 1.807) is 42.3 Å². The fraction of sp³-hybridized carbons (Fsp3) is 0.263. The summed E-state index contributed by atoms with van der Waals surface area (Å²) in [5.74, 6) is 0.972. The molecule has 2 aromatic rings. The van der Waals surface area contributed by atoms with Crippen molar-refractivity contribution in [2.75, 3.05) is 25.3 Å². The summed E-state index contributed by atoms with van der Waals surface area (Å²) in [5.41, 5.74) is 0.651. The van der Waals surface area contributed by atoms with Crippen molar-refractivity contribution < 1.29 is 28.5 Å². The molecule has 1 atom stereocenters. The number of nitrogens with zero attached hydrogens (tertiary/aromatic N) is 1. The van der Waals surface area contributed by atoms with Gasteiger partial charge in [0.1, 0.15) is 11.5 Å². The highest BCUT2D eigenvalue weighted by Gasteiger charge is 2.37. The number of rotatable bonds is 4. The maximum Gasteiger partial charge on any atom is 0.316 e. The molecule has 0 spiro atoms. The van der Waals surface area contributed by atoms with Crippen LogP contribution in [0, 0.1) is 5.92 Å². The van der Waals surface area contributed by atoms with E-state index in [-0.39, 0.29) is 25.7 Å². The van der Waals surface area contributed by atoms with E-state index in [1.165, 1.54) is 0 Å². The molecule has 2 aromatic carbocycles. The minimum atomic E-state index is -0.544. The molecule has 26 heavy (non-hydrogen) atoms. The average molecular weight is 355 g/mol. The van der Waals surface area contributed by atoms with Crippen molar-refractivity contribution >= 4 is 17.6 Å². The zero-order valence-electron chi connectivity index (χ0n) is 14.1. The van der Waals surface area contributed by atoms with Gasteiger partial charge < -0.3 is 23.8 Å². The van der Waals surface area contributed by atoms with Gasteiger partial charge in [-0.2, -0.15) is 0 Å². The van der Waals surface area contributed by atoms with Crippen LogP contribution in [-0.2, 0) is 9.59 Å². The van der Waals surface area contributed by atoms with E-state index in [0.717, 1.165) is 0 Å². The molecule has 7 nitrogen and oxygen atoms in total. The molecule has 2 heterocycles. The third kappa shape index (κ3) is 2.92. The lowest BCUT2D eigenvalue weighted by molar-refractivity contribution is -0.139. The average Bonchev–Trinajstić information content (AvgIpc) is 3.27. The molecule has 134 valence electrons. The Morgan fingerprint density at radius 3 is 2.81 bits per heavy atom. The van der Waals surface area contributed by atoms with Crippen molar-refractivity contribution in [1.82, 2.24) is 0 Å². The SMILES string of the molecule is COc1ccccc1N1C[C@@H](C(=O)Oc2ccc3c(c2)OCO3)CC1=O. The molecule has 4 rings (SSSR count). The molecule has 0 radical (unpaired) electrons. The van der Waals surface area contributed by atoms with Crippen molar-refractivity contribution in [1.29, 1.82) is 0 Å².